The molecular formula is C18H17ClN4O3S2. The normalized spacial score (nSPS) is 15.2. The number of nitrogens with zero attached hydrogens (tertiary/aromatic N) is 4. The van der Waals surface area contributed by atoms with E-state index >= 15 is 0 Å². The van der Waals surface area contributed by atoms with Crippen LogP contribution in [0.15, 0.2) is 56.9 Å². The van der Waals surface area contributed by atoms with Gasteiger partial charge in [0, 0.05) is 19.3 Å². The molecule has 0 unspecified atom stereocenters. The zero-order chi connectivity index (χ0) is 19.6. The largest absolute Gasteiger partial charge is 0.420 e. The van der Waals surface area contributed by atoms with Crippen LogP contribution in [0.4, 0.5) is 0 Å². The first-order valence-corrected chi connectivity index (χ1v) is 11.5. The van der Waals surface area contributed by atoms with Gasteiger partial charge in [-0.1, -0.05) is 35.5 Å². The molecule has 10 heteroatoms. The number of benzene rings is 1. The van der Waals surface area contributed by atoms with Crippen LogP contribution in [0.1, 0.15) is 18.7 Å². The van der Waals surface area contributed by atoms with Gasteiger partial charge in [-0.05, 0) is 37.1 Å². The zero-order valence-corrected chi connectivity index (χ0v) is 17.2. The molecule has 1 aliphatic rings. The molecule has 146 valence electrons. The summed E-state index contributed by atoms with van der Waals surface area (Å²) in [6, 6.07) is 10.5. The summed E-state index contributed by atoms with van der Waals surface area (Å²) in [6.07, 6.45) is 3.21. The van der Waals surface area contributed by atoms with Crippen LogP contribution < -0.4 is 0 Å². The topological polar surface area (TPSA) is 89.2 Å². The smallest absolute Gasteiger partial charge is 0.249 e. The number of halogens is 1. The summed E-state index contributed by atoms with van der Waals surface area (Å²) in [5.41, 5.74) is 0.683. The Hall–Kier alpha value is -1.94. The zero-order valence-electron chi connectivity index (χ0n) is 14.8. The van der Waals surface area contributed by atoms with Gasteiger partial charge in [-0.3, -0.25) is 0 Å². The molecule has 0 amide bonds. The number of pyridine rings is 1. The Morgan fingerprint density at radius 1 is 1.11 bits per heavy atom. The molecule has 3 aromatic rings. The van der Waals surface area contributed by atoms with Gasteiger partial charge in [0.2, 0.25) is 21.8 Å². The molecule has 2 aromatic heterocycles. The number of hydrogen-bond donors (Lipinski definition) is 0. The summed E-state index contributed by atoms with van der Waals surface area (Å²) in [4.78, 5) is 4.48. The Morgan fingerprint density at radius 3 is 2.61 bits per heavy atom. The summed E-state index contributed by atoms with van der Waals surface area (Å²) in [5.74, 6) is 1.22. The van der Waals surface area contributed by atoms with Crippen molar-refractivity contribution >= 4 is 33.4 Å². The first kappa shape index (κ1) is 19.4. The average molecular weight is 437 g/mol. The van der Waals surface area contributed by atoms with E-state index in [1.807, 2.05) is 18.2 Å². The highest BCUT2D eigenvalue weighted by molar-refractivity contribution is 7.98. The average Bonchev–Trinajstić information content (AvgIpc) is 3.40. The molecule has 4 rings (SSSR count). The van der Waals surface area contributed by atoms with Crippen molar-refractivity contribution in [2.45, 2.75) is 28.5 Å². The molecule has 0 bridgehead atoms. The molecule has 0 N–H and O–H groups in total. The van der Waals surface area contributed by atoms with E-state index in [9.17, 15) is 8.42 Å². The third-order valence-electron chi connectivity index (χ3n) is 4.33. The van der Waals surface area contributed by atoms with Crippen LogP contribution in [0.3, 0.4) is 0 Å². The lowest BCUT2D eigenvalue weighted by Crippen LogP contribution is -2.27. The Kier molecular flexibility index (Phi) is 5.68. The van der Waals surface area contributed by atoms with Crippen molar-refractivity contribution in [1.82, 2.24) is 19.5 Å². The molecule has 28 heavy (non-hydrogen) atoms. The van der Waals surface area contributed by atoms with Crippen molar-refractivity contribution in [1.29, 1.82) is 0 Å². The predicted octanol–water partition coefficient (Wildman–Crippen LogP) is 3.86. The van der Waals surface area contributed by atoms with Crippen molar-refractivity contribution in [3.8, 4) is 11.5 Å². The molecule has 0 atom stereocenters. The molecule has 1 saturated heterocycles. The van der Waals surface area contributed by atoms with Crippen molar-refractivity contribution in [2.75, 3.05) is 13.1 Å². The van der Waals surface area contributed by atoms with Crippen LogP contribution >= 0.6 is 23.4 Å². The minimum atomic E-state index is -3.45. The predicted molar refractivity (Wildman–Crippen MR) is 107 cm³/mol. The lowest BCUT2D eigenvalue weighted by Gasteiger charge is -2.15. The van der Waals surface area contributed by atoms with Crippen LogP contribution in [0.2, 0.25) is 5.02 Å². The number of hydrogen-bond acceptors (Lipinski definition) is 7. The van der Waals surface area contributed by atoms with Crippen LogP contribution in [0.25, 0.3) is 11.5 Å². The fourth-order valence-electron chi connectivity index (χ4n) is 2.87. The lowest BCUT2D eigenvalue weighted by molar-refractivity contribution is 0.477. The fourth-order valence-corrected chi connectivity index (χ4v) is 5.23. The summed E-state index contributed by atoms with van der Waals surface area (Å²) in [5, 5.41) is 9.28. The summed E-state index contributed by atoms with van der Waals surface area (Å²) >= 11 is 7.53. The molecule has 3 heterocycles. The molecule has 1 fully saturated rings. The highest BCUT2D eigenvalue weighted by Gasteiger charge is 2.27. The first-order valence-electron chi connectivity index (χ1n) is 8.70. The van der Waals surface area contributed by atoms with Gasteiger partial charge < -0.3 is 4.42 Å². The van der Waals surface area contributed by atoms with Crippen molar-refractivity contribution < 1.29 is 12.8 Å². The van der Waals surface area contributed by atoms with E-state index in [4.69, 9.17) is 16.0 Å². The second kappa shape index (κ2) is 8.20. The molecule has 0 radical (unpaired) electrons. The molecule has 0 spiro atoms. The van der Waals surface area contributed by atoms with E-state index in [1.165, 1.54) is 22.3 Å². The SMILES string of the molecule is O=S(=O)(c1ccc(SCc2nnc(-c3ccccc3Cl)o2)nc1)N1CCCC1. The van der Waals surface area contributed by atoms with Crippen LogP contribution in [-0.2, 0) is 15.8 Å². The van der Waals surface area contributed by atoms with Gasteiger partial charge in [0.15, 0.2) is 0 Å². The Bertz CT molecular complexity index is 1060. The maximum absolute atomic E-state index is 12.5. The second-order valence-electron chi connectivity index (χ2n) is 6.21. The maximum atomic E-state index is 12.5. The number of rotatable bonds is 6. The van der Waals surface area contributed by atoms with Gasteiger partial charge in [0.05, 0.1) is 21.4 Å². The molecule has 0 saturated carbocycles. The third kappa shape index (κ3) is 4.07. The van der Waals surface area contributed by atoms with Gasteiger partial charge >= 0.3 is 0 Å². The lowest BCUT2D eigenvalue weighted by atomic mass is 10.2. The second-order valence-corrected chi connectivity index (χ2v) is 9.55. The number of thioether (sulfide) groups is 1. The number of aromatic nitrogens is 3. The highest BCUT2D eigenvalue weighted by Crippen LogP contribution is 2.28. The summed E-state index contributed by atoms with van der Waals surface area (Å²) in [6.45, 7) is 1.15. The minimum absolute atomic E-state index is 0.220. The van der Waals surface area contributed by atoms with E-state index in [-0.39, 0.29) is 4.90 Å². The maximum Gasteiger partial charge on any atom is 0.249 e. The van der Waals surface area contributed by atoms with Gasteiger partial charge in [-0.2, -0.15) is 4.31 Å². The first-order chi connectivity index (χ1) is 13.5. The molecule has 0 aliphatic carbocycles. The third-order valence-corrected chi connectivity index (χ3v) is 7.47. The van der Waals surface area contributed by atoms with Gasteiger partial charge in [0.1, 0.15) is 4.90 Å². The van der Waals surface area contributed by atoms with Gasteiger partial charge in [-0.25, -0.2) is 13.4 Å². The van der Waals surface area contributed by atoms with E-state index in [2.05, 4.69) is 15.2 Å². The molecular weight excluding hydrogens is 420 g/mol. The van der Waals surface area contributed by atoms with Crippen molar-refractivity contribution in [3.63, 3.8) is 0 Å². The fraction of sp³-hybridized carbons (Fsp3) is 0.278. The van der Waals surface area contributed by atoms with Gasteiger partial charge in [-0.15, -0.1) is 10.2 Å². The minimum Gasteiger partial charge on any atom is -0.420 e. The quantitative estimate of drug-likeness (QED) is 0.542. The van der Waals surface area contributed by atoms with Crippen LogP contribution in [0, 0.1) is 0 Å². The standard InChI is InChI=1S/C18H17ClN4O3S2/c19-15-6-2-1-5-14(15)18-22-21-16(26-18)12-27-17-8-7-13(11-20-17)28(24,25)23-9-3-4-10-23/h1-2,5-8,11H,3-4,9-10,12H2. The highest BCUT2D eigenvalue weighted by atomic mass is 35.5. The summed E-state index contributed by atoms with van der Waals surface area (Å²) < 4.78 is 32.2. The molecule has 1 aromatic carbocycles. The Labute approximate surface area is 172 Å². The van der Waals surface area contributed by atoms with E-state index < -0.39 is 10.0 Å². The summed E-state index contributed by atoms with van der Waals surface area (Å²) in [7, 11) is -3.45. The van der Waals surface area contributed by atoms with E-state index in [1.54, 1.807) is 18.2 Å². The van der Waals surface area contributed by atoms with Crippen LogP contribution in [-0.4, -0.2) is 41.0 Å². The van der Waals surface area contributed by atoms with Crippen molar-refractivity contribution in [3.05, 3.63) is 53.5 Å². The van der Waals surface area contributed by atoms with Gasteiger partial charge in [0.25, 0.3) is 0 Å². The molecule has 1 aliphatic heterocycles. The Balaban J connectivity index is 1.41. The number of sulfonamides is 1. The Morgan fingerprint density at radius 2 is 1.89 bits per heavy atom. The van der Waals surface area contributed by atoms with Crippen molar-refractivity contribution in [2.24, 2.45) is 0 Å². The monoisotopic (exact) mass is 436 g/mol. The van der Waals surface area contributed by atoms with E-state index in [0.29, 0.717) is 46.2 Å². The molecule has 7 nitrogen and oxygen atoms in total. The van der Waals surface area contributed by atoms with E-state index in [0.717, 1.165) is 12.8 Å². The van der Waals surface area contributed by atoms with Crippen LogP contribution in [0.5, 0.6) is 0 Å².